The summed E-state index contributed by atoms with van der Waals surface area (Å²) in [4.78, 5) is 24.2. The molecule has 0 aliphatic carbocycles. The van der Waals surface area contributed by atoms with Crippen LogP contribution in [0.1, 0.15) is 40.9 Å². The molecule has 3 aromatic carbocycles. The first-order valence-corrected chi connectivity index (χ1v) is 12.6. The highest BCUT2D eigenvalue weighted by Crippen LogP contribution is 2.35. The maximum Gasteiger partial charge on any atom is 0.331 e. The van der Waals surface area contributed by atoms with Crippen LogP contribution in [0.3, 0.4) is 0 Å². The molecule has 0 saturated heterocycles. The summed E-state index contributed by atoms with van der Waals surface area (Å²) in [6, 6.07) is 24.1. The highest BCUT2D eigenvalue weighted by Gasteiger charge is 2.27. The van der Waals surface area contributed by atoms with E-state index in [1.165, 1.54) is 29.3 Å². The van der Waals surface area contributed by atoms with Gasteiger partial charge in [-0.1, -0.05) is 54.6 Å². The van der Waals surface area contributed by atoms with Crippen LogP contribution in [0.15, 0.2) is 84.9 Å². The van der Waals surface area contributed by atoms with Gasteiger partial charge < -0.3 is 15.0 Å². The third-order valence-electron chi connectivity index (χ3n) is 6.75. The molecule has 4 aromatic rings. The van der Waals surface area contributed by atoms with Crippen LogP contribution in [0.4, 0.5) is 21.8 Å². The van der Waals surface area contributed by atoms with Gasteiger partial charge in [-0.25, -0.2) is 14.2 Å². The van der Waals surface area contributed by atoms with Gasteiger partial charge in [0.05, 0.1) is 11.7 Å². The summed E-state index contributed by atoms with van der Waals surface area (Å²) in [5, 5.41) is 3.18. The number of anilines is 3. The van der Waals surface area contributed by atoms with E-state index in [0.717, 1.165) is 29.9 Å². The summed E-state index contributed by atoms with van der Waals surface area (Å²) in [6.07, 6.45) is 4.03. The fourth-order valence-electron chi connectivity index (χ4n) is 4.67. The Hall–Kier alpha value is -4.52. The zero-order chi connectivity index (χ0) is 26.5. The Kier molecular flexibility index (Phi) is 7.45. The summed E-state index contributed by atoms with van der Waals surface area (Å²) in [7, 11) is 0. The second-order valence-corrected chi connectivity index (χ2v) is 9.24. The van der Waals surface area contributed by atoms with Gasteiger partial charge in [0, 0.05) is 23.9 Å². The largest absolute Gasteiger partial charge is 0.456 e. The van der Waals surface area contributed by atoms with Crippen LogP contribution in [0, 0.1) is 12.7 Å². The van der Waals surface area contributed by atoms with Crippen molar-refractivity contribution in [3.8, 4) is 0 Å². The predicted molar refractivity (Wildman–Crippen MR) is 148 cm³/mol. The highest BCUT2D eigenvalue weighted by molar-refractivity contribution is 5.87. The summed E-state index contributed by atoms with van der Waals surface area (Å²) in [5.41, 5.74) is 5.63. The van der Waals surface area contributed by atoms with Gasteiger partial charge in [0.15, 0.2) is 0 Å². The van der Waals surface area contributed by atoms with Crippen LogP contribution in [-0.2, 0) is 22.6 Å². The molecule has 1 aromatic heterocycles. The molecule has 1 N–H and O–H groups in total. The van der Waals surface area contributed by atoms with E-state index in [4.69, 9.17) is 9.72 Å². The third kappa shape index (κ3) is 5.72. The van der Waals surface area contributed by atoms with Crippen molar-refractivity contribution in [3.63, 3.8) is 0 Å². The highest BCUT2D eigenvalue weighted by atomic mass is 19.1. The van der Waals surface area contributed by atoms with Gasteiger partial charge in [-0.15, -0.1) is 0 Å². The zero-order valence-electron chi connectivity index (χ0n) is 21.4. The number of carbonyl (C=O) groups excluding carboxylic acids is 1. The van der Waals surface area contributed by atoms with Crippen molar-refractivity contribution in [3.05, 3.63) is 119 Å². The number of benzene rings is 3. The molecule has 0 radical (unpaired) electrons. The summed E-state index contributed by atoms with van der Waals surface area (Å²) >= 11 is 0. The molecule has 5 rings (SSSR count). The van der Waals surface area contributed by atoms with Crippen molar-refractivity contribution in [1.29, 1.82) is 0 Å². The Labute approximate surface area is 221 Å². The molecule has 0 bridgehead atoms. The van der Waals surface area contributed by atoms with Crippen LogP contribution in [0.25, 0.3) is 6.08 Å². The maximum absolute atomic E-state index is 13.4. The Bertz CT molecular complexity index is 1450. The van der Waals surface area contributed by atoms with Crippen molar-refractivity contribution >= 4 is 29.5 Å². The lowest BCUT2D eigenvalue weighted by Crippen LogP contribution is -2.35. The van der Waals surface area contributed by atoms with E-state index in [1.54, 1.807) is 18.2 Å². The fourth-order valence-corrected chi connectivity index (χ4v) is 4.67. The number of carbonyl (C=O) groups is 1. The first-order chi connectivity index (χ1) is 18.5. The number of esters is 1. The lowest BCUT2D eigenvalue weighted by atomic mass is 9.93. The monoisotopic (exact) mass is 508 g/mol. The van der Waals surface area contributed by atoms with Crippen LogP contribution >= 0.6 is 0 Å². The zero-order valence-corrected chi connectivity index (χ0v) is 21.4. The standard InChI is InChI=1S/C31H29FN4O2/c1-21-28(20-38-29(37)17-12-23-8-4-3-5-9-23)34-31(33-26-15-13-25(32)14-16-26)35-30(21)36-19-18-24-10-6-7-11-27(24)22(36)2/h3-17,22H,18-20H2,1-2H3,(H,33,34,35)/b17-12+. The summed E-state index contributed by atoms with van der Waals surface area (Å²) < 4.78 is 19.0. The van der Waals surface area contributed by atoms with Crippen LogP contribution < -0.4 is 10.2 Å². The predicted octanol–water partition coefficient (Wildman–Crippen LogP) is 6.55. The van der Waals surface area contributed by atoms with Gasteiger partial charge in [0.1, 0.15) is 18.2 Å². The van der Waals surface area contributed by atoms with Crippen molar-refractivity contribution in [2.45, 2.75) is 32.9 Å². The van der Waals surface area contributed by atoms with Gasteiger partial charge in [-0.2, -0.15) is 4.98 Å². The van der Waals surface area contributed by atoms with E-state index < -0.39 is 5.97 Å². The molecule has 0 fully saturated rings. The molecule has 1 atom stereocenters. The van der Waals surface area contributed by atoms with Gasteiger partial charge in [0.2, 0.25) is 5.95 Å². The minimum Gasteiger partial charge on any atom is -0.456 e. The molecule has 1 aliphatic rings. The van der Waals surface area contributed by atoms with E-state index in [2.05, 4.69) is 46.4 Å². The van der Waals surface area contributed by atoms with Crippen molar-refractivity contribution in [1.82, 2.24) is 9.97 Å². The summed E-state index contributed by atoms with van der Waals surface area (Å²) in [5.74, 6) is 0.353. The number of aromatic nitrogens is 2. The smallest absolute Gasteiger partial charge is 0.331 e. The lowest BCUT2D eigenvalue weighted by molar-refractivity contribution is -0.139. The number of rotatable bonds is 7. The van der Waals surface area contributed by atoms with Crippen molar-refractivity contribution in [2.75, 3.05) is 16.8 Å². The quantitative estimate of drug-likeness (QED) is 0.226. The van der Waals surface area contributed by atoms with Crippen LogP contribution in [-0.4, -0.2) is 22.5 Å². The normalized spacial score (nSPS) is 14.8. The number of nitrogens with one attached hydrogen (secondary N) is 1. The van der Waals surface area contributed by atoms with E-state index in [1.807, 2.05) is 37.3 Å². The molecule has 6 nitrogen and oxygen atoms in total. The molecule has 1 unspecified atom stereocenters. The van der Waals surface area contributed by atoms with Gasteiger partial charge in [-0.3, -0.25) is 0 Å². The van der Waals surface area contributed by atoms with E-state index in [-0.39, 0.29) is 18.5 Å². The average Bonchev–Trinajstić information content (AvgIpc) is 2.94. The third-order valence-corrected chi connectivity index (χ3v) is 6.75. The van der Waals surface area contributed by atoms with E-state index in [0.29, 0.717) is 17.3 Å². The molecule has 192 valence electrons. The van der Waals surface area contributed by atoms with E-state index in [9.17, 15) is 9.18 Å². The first-order valence-electron chi connectivity index (χ1n) is 12.6. The van der Waals surface area contributed by atoms with Gasteiger partial charge >= 0.3 is 5.97 Å². The first kappa shape index (κ1) is 25.1. The number of nitrogens with zero attached hydrogens (tertiary/aromatic N) is 3. The topological polar surface area (TPSA) is 67.3 Å². The van der Waals surface area contributed by atoms with Gasteiger partial charge in [-0.05, 0) is 67.3 Å². The van der Waals surface area contributed by atoms with Crippen LogP contribution in [0.2, 0.25) is 0 Å². The Morgan fingerprint density at radius 2 is 1.79 bits per heavy atom. The molecule has 0 amide bonds. The molecule has 1 aliphatic heterocycles. The lowest BCUT2D eigenvalue weighted by Gasteiger charge is -2.37. The molecule has 0 saturated carbocycles. The number of ether oxygens (including phenoxy) is 1. The van der Waals surface area contributed by atoms with Crippen molar-refractivity contribution in [2.24, 2.45) is 0 Å². The molecule has 7 heteroatoms. The average molecular weight is 509 g/mol. The summed E-state index contributed by atoms with van der Waals surface area (Å²) in [6.45, 7) is 4.91. The maximum atomic E-state index is 13.4. The molecular weight excluding hydrogens is 479 g/mol. The second-order valence-electron chi connectivity index (χ2n) is 9.24. The SMILES string of the molecule is Cc1c(COC(=O)/C=C/c2ccccc2)nc(Nc2ccc(F)cc2)nc1N1CCc2ccccc2C1C. The number of halogens is 1. The molecule has 2 heterocycles. The molecular formula is C31H29FN4O2. The Morgan fingerprint density at radius 1 is 1.05 bits per heavy atom. The molecule has 38 heavy (non-hydrogen) atoms. The van der Waals surface area contributed by atoms with E-state index >= 15 is 0 Å². The Balaban J connectivity index is 1.43. The molecule has 0 spiro atoms. The second kappa shape index (κ2) is 11.3. The fraction of sp³-hybridized carbons (Fsp3) is 0.194. The number of fused-ring (bicyclic) bond motifs is 1. The Morgan fingerprint density at radius 3 is 2.58 bits per heavy atom. The van der Waals surface area contributed by atoms with Gasteiger partial charge in [0.25, 0.3) is 0 Å². The number of hydrogen-bond donors (Lipinski definition) is 1. The van der Waals surface area contributed by atoms with Crippen molar-refractivity contribution < 1.29 is 13.9 Å². The minimum atomic E-state index is -0.457. The minimum absolute atomic E-state index is 0.00375. The van der Waals surface area contributed by atoms with Crippen LogP contribution in [0.5, 0.6) is 0 Å². The number of hydrogen-bond acceptors (Lipinski definition) is 6.